The van der Waals surface area contributed by atoms with E-state index in [2.05, 4.69) is 20.3 Å². The zero-order chi connectivity index (χ0) is 39.6. The predicted molar refractivity (Wildman–Crippen MR) is 198 cm³/mol. The van der Waals surface area contributed by atoms with Crippen LogP contribution in [0.5, 0.6) is 5.75 Å². The maximum Gasteiger partial charge on any atom is 0.408 e. The van der Waals surface area contributed by atoms with Gasteiger partial charge in [0.05, 0.1) is 40.6 Å². The van der Waals surface area contributed by atoms with Crippen LogP contribution in [0.4, 0.5) is 13.6 Å². The molecule has 0 bridgehead atoms. The van der Waals surface area contributed by atoms with E-state index in [9.17, 15) is 27.6 Å². The number of benzene rings is 1. The van der Waals surface area contributed by atoms with Gasteiger partial charge in [-0.25, -0.2) is 27.0 Å². The second-order valence-electron chi connectivity index (χ2n) is 16.5. The first-order valence-electron chi connectivity index (χ1n) is 19.2. The first kappa shape index (κ1) is 38.9. The van der Waals surface area contributed by atoms with E-state index in [4.69, 9.17) is 9.47 Å². The Bertz CT molecular complexity index is 2060. The number of aromatic nitrogens is 1. The normalized spacial score (nSPS) is 30.7. The van der Waals surface area contributed by atoms with Crippen LogP contribution < -0.4 is 20.1 Å². The summed E-state index contributed by atoms with van der Waals surface area (Å²) in [6.07, 6.45) is 5.27. The van der Waals surface area contributed by atoms with Crippen molar-refractivity contribution in [2.45, 2.75) is 138 Å². The summed E-state index contributed by atoms with van der Waals surface area (Å²) in [5.74, 6) is -6.55. The smallest absolute Gasteiger partial charge is 0.408 e. The highest BCUT2D eigenvalue weighted by atomic mass is 32.2. The average Bonchev–Trinajstić information content (AvgIpc) is 3.76. The number of nitrogens with zero attached hydrogens (tertiary/aromatic N) is 2. The number of alkyl halides is 2. The fourth-order valence-corrected chi connectivity index (χ4v) is 9.81. The van der Waals surface area contributed by atoms with Crippen molar-refractivity contribution in [1.29, 1.82) is 0 Å². The van der Waals surface area contributed by atoms with Gasteiger partial charge in [0.1, 0.15) is 23.2 Å². The number of aryl methyl sites for hydroxylation is 1. The Kier molecular flexibility index (Phi) is 9.90. The minimum atomic E-state index is -4.08. The van der Waals surface area contributed by atoms with Crippen LogP contribution in [-0.2, 0) is 35.1 Å². The van der Waals surface area contributed by atoms with E-state index < -0.39 is 92.7 Å². The molecule has 13 nitrogen and oxygen atoms in total. The van der Waals surface area contributed by atoms with Gasteiger partial charge in [0.25, 0.3) is 11.8 Å². The summed E-state index contributed by atoms with van der Waals surface area (Å²) < 4.78 is 72.7. The first-order chi connectivity index (χ1) is 25.9. The molecule has 0 radical (unpaired) electrons. The van der Waals surface area contributed by atoms with Gasteiger partial charge in [0.15, 0.2) is 5.75 Å². The van der Waals surface area contributed by atoms with Crippen molar-refractivity contribution in [3.05, 3.63) is 47.7 Å². The van der Waals surface area contributed by atoms with Gasteiger partial charge in [-0.3, -0.25) is 19.1 Å². The molecule has 1 aromatic carbocycles. The number of rotatable bonds is 5. The predicted octanol–water partition coefficient (Wildman–Crippen LogP) is 5.04. The Morgan fingerprint density at radius 1 is 1.09 bits per heavy atom. The van der Waals surface area contributed by atoms with E-state index in [1.165, 1.54) is 0 Å². The molecule has 4 amide bonds. The lowest BCUT2D eigenvalue weighted by molar-refractivity contribution is -0.145. The van der Waals surface area contributed by atoms with Gasteiger partial charge in [0.2, 0.25) is 21.8 Å². The highest BCUT2D eigenvalue weighted by molar-refractivity contribution is 7.91. The van der Waals surface area contributed by atoms with E-state index in [-0.39, 0.29) is 41.7 Å². The number of amides is 4. The maximum atomic E-state index is 16.6. The van der Waals surface area contributed by atoms with Gasteiger partial charge in [-0.2, -0.15) is 0 Å². The highest BCUT2D eigenvalue weighted by Crippen LogP contribution is 2.54. The molecular formula is C39H49F2N5O8S. The first-order valence-corrected chi connectivity index (χ1v) is 20.7. The minimum Gasteiger partial charge on any atom is -0.483 e. The van der Waals surface area contributed by atoms with Crippen molar-refractivity contribution in [2.75, 3.05) is 6.54 Å². The fourth-order valence-electron chi connectivity index (χ4n) is 8.50. The average molecular weight is 786 g/mol. The molecule has 0 unspecified atom stereocenters. The van der Waals surface area contributed by atoms with Gasteiger partial charge >= 0.3 is 6.09 Å². The van der Waals surface area contributed by atoms with Crippen LogP contribution in [0.3, 0.4) is 0 Å². The van der Waals surface area contributed by atoms with Crippen molar-refractivity contribution in [3.63, 3.8) is 0 Å². The lowest BCUT2D eigenvalue weighted by Crippen LogP contribution is -2.70. The Morgan fingerprint density at radius 2 is 1.84 bits per heavy atom. The summed E-state index contributed by atoms with van der Waals surface area (Å²) in [5.41, 5.74) is -3.18. The van der Waals surface area contributed by atoms with Crippen molar-refractivity contribution in [2.24, 2.45) is 5.92 Å². The number of allylic oxidation sites excluding steroid dienone is 1. The number of halogens is 2. The van der Waals surface area contributed by atoms with Crippen LogP contribution in [0.2, 0.25) is 0 Å². The standard InChI is InChI=1S/C39H49F2N5O8S/c1-23(2)53-35(50)43-28-15-9-7-5-6-8-12-25-16-17-38(25,34(49)45-55(51,52)36(4)18-19-36)44-32(47)29-20-37(22-46(29)33(28)48)21-39(40,41)30-26-13-10-11-14-27(26)42-24(3)31(30)54-37/h8,10-14,23,25,28-29H,5-7,9,15-22H2,1-4H3,(H,43,50)(H,44,47)(H,45,49)/b12-8-/t25-,28+,29+,37+,38-/m1/s1. The Balaban J connectivity index is 1.28. The highest BCUT2D eigenvalue weighted by Gasteiger charge is 2.62. The van der Waals surface area contributed by atoms with E-state index in [0.29, 0.717) is 44.0 Å². The quantitative estimate of drug-likeness (QED) is 0.351. The number of carbonyl (C=O) groups is 4. The second-order valence-corrected chi connectivity index (χ2v) is 18.7. The number of hydrogen-bond donors (Lipinski definition) is 3. The largest absolute Gasteiger partial charge is 0.483 e. The molecule has 2 aromatic rings. The number of sulfonamides is 1. The fraction of sp³-hybridized carbons (Fsp3) is 0.615. The number of nitrogens with one attached hydrogen (secondary N) is 3. The molecule has 1 spiro atoms. The summed E-state index contributed by atoms with van der Waals surface area (Å²) in [6, 6.07) is 3.94. The summed E-state index contributed by atoms with van der Waals surface area (Å²) in [6.45, 7) is 6.00. The molecule has 1 aromatic heterocycles. The third-order valence-corrected chi connectivity index (χ3v) is 14.1. The summed E-state index contributed by atoms with van der Waals surface area (Å²) in [7, 11) is -4.08. The Hall–Kier alpha value is -4.34. The molecule has 2 saturated carbocycles. The van der Waals surface area contributed by atoms with Gasteiger partial charge in [-0.05, 0) is 78.7 Å². The van der Waals surface area contributed by atoms with Gasteiger partial charge in [-0.15, -0.1) is 0 Å². The third-order valence-electron chi connectivity index (χ3n) is 12.0. The molecule has 5 aliphatic rings. The van der Waals surface area contributed by atoms with Crippen LogP contribution >= 0.6 is 0 Å². The molecule has 4 heterocycles. The second kappa shape index (κ2) is 14.0. The van der Waals surface area contributed by atoms with Crippen molar-refractivity contribution >= 4 is 44.7 Å². The van der Waals surface area contributed by atoms with Crippen molar-refractivity contribution in [3.8, 4) is 5.75 Å². The molecule has 3 aliphatic heterocycles. The monoisotopic (exact) mass is 785 g/mol. The van der Waals surface area contributed by atoms with E-state index >= 15 is 8.78 Å². The molecule has 2 aliphatic carbocycles. The van der Waals surface area contributed by atoms with Crippen LogP contribution in [0.25, 0.3) is 10.9 Å². The van der Waals surface area contributed by atoms with Gasteiger partial charge in [0, 0.05) is 17.7 Å². The Morgan fingerprint density at radius 3 is 2.53 bits per heavy atom. The molecule has 3 N–H and O–H groups in total. The number of ether oxygens (including phenoxy) is 2. The molecule has 3 fully saturated rings. The molecule has 16 heteroatoms. The summed E-state index contributed by atoms with van der Waals surface area (Å²) in [5, 5.41) is 5.71. The molecule has 55 heavy (non-hydrogen) atoms. The molecule has 7 rings (SSSR count). The topological polar surface area (TPSA) is 173 Å². The Labute approximate surface area is 319 Å². The third kappa shape index (κ3) is 7.14. The van der Waals surface area contributed by atoms with E-state index in [0.717, 1.165) is 11.3 Å². The van der Waals surface area contributed by atoms with Crippen LogP contribution in [0.15, 0.2) is 36.4 Å². The summed E-state index contributed by atoms with van der Waals surface area (Å²) in [4.78, 5) is 62.0. The van der Waals surface area contributed by atoms with E-state index in [1.807, 2.05) is 12.2 Å². The lowest BCUT2D eigenvalue weighted by Gasteiger charge is -2.48. The number of hydrogen-bond acceptors (Lipinski definition) is 9. The number of para-hydroxylation sites is 1. The summed E-state index contributed by atoms with van der Waals surface area (Å²) >= 11 is 0. The zero-order valence-corrected chi connectivity index (χ0v) is 32.4. The number of fused-ring (bicyclic) bond motifs is 5. The van der Waals surface area contributed by atoms with Crippen LogP contribution in [0.1, 0.15) is 103 Å². The number of alkyl carbamates (subject to hydrolysis) is 1. The number of pyridine rings is 1. The number of carbonyl (C=O) groups excluding carboxylic acids is 4. The van der Waals surface area contributed by atoms with Gasteiger partial charge in [-0.1, -0.05) is 43.2 Å². The van der Waals surface area contributed by atoms with Crippen LogP contribution in [-0.4, -0.2) is 82.7 Å². The lowest BCUT2D eigenvalue weighted by atomic mass is 9.65. The molecular weight excluding hydrogens is 737 g/mol. The van der Waals surface area contributed by atoms with Gasteiger partial charge < -0.3 is 25.0 Å². The minimum absolute atomic E-state index is 0.114. The zero-order valence-electron chi connectivity index (χ0n) is 31.6. The maximum absolute atomic E-state index is 16.6. The van der Waals surface area contributed by atoms with Crippen LogP contribution in [0, 0.1) is 12.8 Å². The molecule has 1 saturated heterocycles. The van der Waals surface area contributed by atoms with E-state index in [1.54, 1.807) is 52.0 Å². The molecule has 298 valence electrons. The SMILES string of the molecule is Cc1nc2ccccc2c2c1O[C@@]1(C[C@H]3C(=O)N[C@]4(C(=O)NS(=O)(=O)C5(C)CC5)CC[C@H]4/C=C\CCCCC[C@H](NC(=O)OC(C)C)C(=O)N3C1)CC2(F)F. The van der Waals surface area contributed by atoms with Crippen molar-refractivity contribution < 1.29 is 45.9 Å². The molecule has 5 atom stereocenters. The van der Waals surface area contributed by atoms with Crippen molar-refractivity contribution in [1.82, 2.24) is 25.2 Å².